The van der Waals surface area contributed by atoms with Gasteiger partial charge in [-0.25, -0.2) is 0 Å². The van der Waals surface area contributed by atoms with Crippen LogP contribution in [0.25, 0.3) is 21.8 Å². The number of aromatic amines is 1. The third kappa shape index (κ3) is 4.89. The summed E-state index contributed by atoms with van der Waals surface area (Å²) in [4.78, 5) is 25.6. The summed E-state index contributed by atoms with van der Waals surface area (Å²) >= 11 is 6.79. The fourth-order valence-corrected chi connectivity index (χ4v) is 4.01. The predicted molar refractivity (Wildman–Crippen MR) is 124 cm³/mol. The molecule has 1 saturated heterocycles. The van der Waals surface area contributed by atoms with Gasteiger partial charge in [0.05, 0.1) is 25.3 Å². The van der Waals surface area contributed by atoms with Crippen LogP contribution in [0.15, 0.2) is 79.2 Å². The molecule has 0 spiro atoms. The molecule has 1 fully saturated rings. The molecule has 0 unspecified atom stereocenters. The van der Waals surface area contributed by atoms with Gasteiger partial charge in [-0.3, -0.25) is 9.59 Å². The zero-order chi connectivity index (χ0) is 21.1. The van der Waals surface area contributed by atoms with Crippen LogP contribution in [0.4, 0.5) is 0 Å². The van der Waals surface area contributed by atoms with Gasteiger partial charge in [-0.15, -0.1) is 0 Å². The van der Waals surface area contributed by atoms with Crippen LogP contribution in [0.5, 0.6) is 0 Å². The first kappa shape index (κ1) is 21.0. The number of hydrogen-bond acceptors (Lipinski definition) is 4. The van der Waals surface area contributed by atoms with Gasteiger partial charge < -0.3 is 19.0 Å². The van der Waals surface area contributed by atoms with Gasteiger partial charge in [-0.1, -0.05) is 31.9 Å². The lowest BCUT2D eigenvalue weighted by Gasteiger charge is -2.14. The number of hydrogen-bond donors (Lipinski definition) is 1. The molecule has 6 nitrogen and oxygen atoms in total. The van der Waals surface area contributed by atoms with E-state index in [9.17, 15) is 9.59 Å². The number of nitrogens with one attached hydrogen (secondary N) is 1. The van der Waals surface area contributed by atoms with Gasteiger partial charge in [0.2, 0.25) is 5.56 Å². The fourth-order valence-electron chi connectivity index (χ4n) is 3.25. The number of pyridine rings is 2. The number of halogens is 2. The predicted octanol–water partition coefficient (Wildman–Crippen LogP) is 4.43. The number of ether oxygens (including phenoxy) is 2. The van der Waals surface area contributed by atoms with Crippen LogP contribution in [0.3, 0.4) is 0 Å². The van der Waals surface area contributed by atoms with Crippen LogP contribution in [-0.2, 0) is 16.0 Å². The van der Waals surface area contributed by atoms with E-state index in [4.69, 9.17) is 9.47 Å². The van der Waals surface area contributed by atoms with Crippen molar-refractivity contribution >= 4 is 53.7 Å². The van der Waals surface area contributed by atoms with E-state index in [-0.39, 0.29) is 17.4 Å². The zero-order valence-corrected chi connectivity index (χ0v) is 19.0. The second-order valence-electron chi connectivity index (χ2n) is 6.71. The fraction of sp³-hybridized carbons (Fsp3) is 0.182. The molecule has 3 heterocycles. The van der Waals surface area contributed by atoms with Crippen LogP contribution in [0.2, 0.25) is 0 Å². The van der Waals surface area contributed by atoms with Gasteiger partial charge in [0, 0.05) is 26.6 Å². The summed E-state index contributed by atoms with van der Waals surface area (Å²) in [7, 11) is 0. The van der Waals surface area contributed by atoms with Crippen molar-refractivity contribution in [1.82, 2.24) is 9.55 Å². The van der Waals surface area contributed by atoms with E-state index in [0.717, 1.165) is 30.8 Å². The minimum Gasteiger partial charge on any atom is -0.348 e. The number of aromatic nitrogens is 2. The van der Waals surface area contributed by atoms with E-state index in [2.05, 4.69) is 36.8 Å². The van der Waals surface area contributed by atoms with Crippen LogP contribution < -0.4 is 11.1 Å². The standard InChI is InChI=1S/C13H12BrNO3.C9H6BrNO/c14-10-2-3-11-9(7-10)1-4-12(16)15(11)8-13-17-5-6-18-13;10-7-2-3-8-6(5-7)1-4-9(12)11-8/h1-4,7,13H,5-6,8H2;1-5H,(H,11,12). The second-order valence-corrected chi connectivity index (χ2v) is 8.54. The van der Waals surface area contributed by atoms with E-state index in [1.165, 1.54) is 6.07 Å². The van der Waals surface area contributed by atoms with E-state index < -0.39 is 0 Å². The van der Waals surface area contributed by atoms with Gasteiger partial charge in [-0.05, 0) is 59.3 Å². The minimum absolute atomic E-state index is 0.0380. The zero-order valence-electron chi connectivity index (χ0n) is 15.8. The topological polar surface area (TPSA) is 73.3 Å². The summed E-state index contributed by atoms with van der Waals surface area (Å²) in [6, 6.07) is 18.3. The average Bonchev–Trinajstić information content (AvgIpc) is 3.24. The molecule has 4 aromatic rings. The molecule has 8 heteroatoms. The van der Waals surface area contributed by atoms with Gasteiger partial charge in [0.1, 0.15) is 0 Å². The molecule has 0 saturated carbocycles. The Labute approximate surface area is 188 Å². The number of benzene rings is 2. The maximum Gasteiger partial charge on any atom is 0.251 e. The molecule has 154 valence electrons. The summed E-state index contributed by atoms with van der Waals surface area (Å²) < 4.78 is 14.5. The molecule has 0 amide bonds. The summed E-state index contributed by atoms with van der Waals surface area (Å²) in [6.45, 7) is 1.61. The largest absolute Gasteiger partial charge is 0.348 e. The SMILES string of the molecule is O=c1ccc2cc(Br)ccc2[nH]1.O=c1ccc2cc(Br)ccc2n1CC1OCCO1. The van der Waals surface area contributed by atoms with Crippen LogP contribution in [0, 0.1) is 0 Å². The molecule has 1 aliphatic rings. The van der Waals surface area contributed by atoms with Gasteiger partial charge in [0.25, 0.3) is 5.56 Å². The van der Waals surface area contributed by atoms with Crippen molar-refractivity contribution in [3.8, 4) is 0 Å². The Balaban J connectivity index is 0.000000158. The number of nitrogens with zero attached hydrogens (tertiary/aromatic N) is 1. The first-order valence-electron chi connectivity index (χ1n) is 9.30. The molecule has 0 bridgehead atoms. The Morgan fingerprint density at radius 1 is 0.867 bits per heavy atom. The van der Waals surface area contributed by atoms with E-state index >= 15 is 0 Å². The van der Waals surface area contributed by atoms with Gasteiger partial charge in [-0.2, -0.15) is 0 Å². The number of rotatable bonds is 2. The third-order valence-corrected chi connectivity index (χ3v) is 5.65. The highest BCUT2D eigenvalue weighted by Gasteiger charge is 2.17. The Morgan fingerprint density at radius 3 is 2.30 bits per heavy atom. The molecule has 2 aromatic carbocycles. The maximum atomic E-state index is 11.9. The first-order chi connectivity index (χ1) is 14.5. The summed E-state index contributed by atoms with van der Waals surface area (Å²) in [6.07, 6.45) is -0.322. The van der Waals surface area contributed by atoms with Crippen molar-refractivity contribution in [3.63, 3.8) is 0 Å². The smallest absolute Gasteiger partial charge is 0.251 e. The monoisotopic (exact) mass is 532 g/mol. The molecular weight excluding hydrogens is 516 g/mol. The summed E-state index contributed by atoms with van der Waals surface area (Å²) in [5.74, 6) is 0. The molecule has 1 aliphatic heterocycles. The van der Waals surface area contributed by atoms with Crippen molar-refractivity contribution in [1.29, 1.82) is 0 Å². The average molecular weight is 534 g/mol. The lowest BCUT2D eigenvalue weighted by atomic mass is 10.2. The lowest BCUT2D eigenvalue weighted by molar-refractivity contribution is -0.0522. The molecule has 0 atom stereocenters. The van der Waals surface area contributed by atoms with Crippen molar-refractivity contribution in [3.05, 3.63) is 90.3 Å². The van der Waals surface area contributed by atoms with Crippen LogP contribution in [-0.4, -0.2) is 29.1 Å². The highest BCUT2D eigenvalue weighted by molar-refractivity contribution is 9.10. The molecular formula is C22H18Br2N2O4. The summed E-state index contributed by atoms with van der Waals surface area (Å²) in [5, 5.41) is 2.05. The Hall–Kier alpha value is -2.26. The van der Waals surface area contributed by atoms with Crippen LogP contribution >= 0.6 is 31.9 Å². The van der Waals surface area contributed by atoms with Crippen molar-refractivity contribution < 1.29 is 9.47 Å². The maximum absolute atomic E-state index is 11.9. The van der Waals surface area contributed by atoms with E-state index in [0.29, 0.717) is 19.8 Å². The van der Waals surface area contributed by atoms with E-state index in [1.807, 2.05) is 42.5 Å². The van der Waals surface area contributed by atoms with Crippen molar-refractivity contribution in [2.75, 3.05) is 13.2 Å². The first-order valence-corrected chi connectivity index (χ1v) is 10.9. The van der Waals surface area contributed by atoms with E-state index in [1.54, 1.807) is 16.7 Å². The van der Waals surface area contributed by atoms with Crippen LogP contribution in [0.1, 0.15) is 0 Å². The Kier molecular flexibility index (Phi) is 6.48. The Bertz CT molecular complexity index is 1310. The second kappa shape index (κ2) is 9.26. The minimum atomic E-state index is -0.322. The molecule has 0 radical (unpaired) electrons. The third-order valence-electron chi connectivity index (χ3n) is 4.66. The van der Waals surface area contributed by atoms with Gasteiger partial charge >= 0.3 is 0 Å². The van der Waals surface area contributed by atoms with Crippen molar-refractivity contribution in [2.45, 2.75) is 12.8 Å². The summed E-state index contributed by atoms with van der Waals surface area (Å²) in [5.41, 5.74) is 1.66. The number of H-pyrrole nitrogens is 1. The lowest BCUT2D eigenvalue weighted by Crippen LogP contribution is -2.26. The molecule has 1 N–H and O–H groups in total. The molecule has 5 rings (SSSR count). The van der Waals surface area contributed by atoms with Gasteiger partial charge in [0.15, 0.2) is 6.29 Å². The number of fused-ring (bicyclic) bond motifs is 2. The van der Waals surface area contributed by atoms with Crippen molar-refractivity contribution in [2.24, 2.45) is 0 Å². The molecule has 2 aromatic heterocycles. The molecule has 0 aliphatic carbocycles. The highest BCUT2D eigenvalue weighted by atomic mass is 79.9. The molecule has 30 heavy (non-hydrogen) atoms. The Morgan fingerprint density at radius 2 is 1.53 bits per heavy atom. The normalized spacial score (nSPS) is 14.1. The highest BCUT2D eigenvalue weighted by Crippen LogP contribution is 2.19. The quantitative estimate of drug-likeness (QED) is 0.414.